The van der Waals surface area contributed by atoms with Crippen LogP contribution < -0.4 is 5.32 Å². The van der Waals surface area contributed by atoms with Crippen LogP contribution in [0, 0.1) is 0 Å². The number of nitrogens with one attached hydrogen (secondary N) is 1. The third kappa shape index (κ3) is 43.7. The minimum atomic E-state index is -0.847. The Hall–Kier alpha value is -1.92. The number of rotatable bonds is 46. The zero-order chi connectivity index (χ0) is 42.3. The monoisotopic (exact) mass is 816 g/mol. The van der Waals surface area contributed by atoms with E-state index in [2.05, 4.69) is 43.5 Å². The Bertz CT molecular complexity index is 946. The van der Waals surface area contributed by atoms with Gasteiger partial charge in [-0.1, -0.05) is 198 Å². The van der Waals surface area contributed by atoms with E-state index < -0.39 is 12.1 Å². The molecule has 0 saturated heterocycles. The summed E-state index contributed by atoms with van der Waals surface area (Å²) in [5, 5.41) is 22.9. The number of ether oxygens (including phenoxy) is 1. The van der Waals surface area contributed by atoms with Crippen molar-refractivity contribution in [3.8, 4) is 0 Å². The van der Waals surface area contributed by atoms with E-state index >= 15 is 0 Å². The number of unbranched alkanes of at least 4 members (excludes halogenated alkanes) is 31. The second-order valence-corrected chi connectivity index (χ2v) is 17.1. The van der Waals surface area contributed by atoms with E-state index in [4.69, 9.17) is 4.74 Å². The number of esters is 1. The second kappa shape index (κ2) is 47.8. The van der Waals surface area contributed by atoms with Crippen molar-refractivity contribution in [2.24, 2.45) is 0 Å². The molecule has 0 aliphatic heterocycles. The molecule has 3 N–H and O–H groups in total. The third-order valence-electron chi connectivity index (χ3n) is 11.4. The molecular formula is C52H97NO5. The van der Waals surface area contributed by atoms with Crippen molar-refractivity contribution in [1.29, 1.82) is 0 Å². The van der Waals surface area contributed by atoms with Crippen molar-refractivity contribution in [1.82, 2.24) is 5.32 Å². The molecule has 0 radical (unpaired) electrons. The van der Waals surface area contributed by atoms with Crippen molar-refractivity contribution in [3.63, 3.8) is 0 Å². The summed E-state index contributed by atoms with van der Waals surface area (Å²) in [6.07, 6.45) is 57.2. The summed E-state index contributed by atoms with van der Waals surface area (Å²) in [5.74, 6) is -0.0861. The number of carbonyl (C=O) groups is 2. The maximum atomic E-state index is 12.4. The van der Waals surface area contributed by atoms with Crippen LogP contribution in [0.5, 0.6) is 0 Å². The quantitative estimate of drug-likeness (QED) is 0.0323. The third-order valence-corrected chi connectivity index (χ3v) is 11.4. The van der Waals surface area contributed by atoms with Crippen molar-refractivity contribution in [3.05, 3.63) is 36.5 Å². The Balaban J connectivity index is 3.44. The summed E-state index contributed by atoms with van der Waals surface area (Å²) in [6.45, 7) is 4.83. The maximum absolute atomic E-state index is 12.4. The Labute approximate surface area is 360 Å². The van der Waals surface area contributed by atoms with E-state index in [-0.39, 0.29) is 18.5 Å². The van der Waals surface area contributed by atoms with Gasteiger partial charge in [0, 0.05) is 12.8 Å². The van der Waals surface area contributed by atoms with E-state index in [0.29, 0.717) is 19.4 Å². The number of allylic oxidation sites excluding steroid dienone is 5. The Kier molecular flexibility index (Phi) is 46.2. The fourth-order valence-electron chi connectivity index (χ4n) is 7.44. The first-order valence-corrected chi connectivity index (χ1v) is 25.3. The number of amides is 1. The SMILES string of the molecule is CCCCC/C=C\CCCCCCCC(=O)OCCCCCCCCCCC/C=C\CCCCCCCCCC(=O)NC(CO)C(O)/C=C/CCCCCCCCC. The van der Waals surface area contributed by atoms with Gasteiger partial charge in [0.15, 0.2) is 0 Å². The number of carbonyl (C=O) groups excluding carboxylic acids is 2. The van der Waals surface area contributed by atoms with Crippen molar-refractivity contribution in [2.45, 2.75) is 270 Å². The lowest BCUT2D eigenvalue weighted by Crippen LogP contribution is -2.45. The van der Waals surface area contributed by atoms with Crippen LogP contribution >= 0.6 is 0 Å². The van der Waals surface area contributed by atoms with Gasteiger partial charge in [0.1, 0.15) is 0 Å². The minimum absolute atomic E-state index is 0.00559. The van der Waals surface area contributed by atoms with Crippen LogP contribution in [0.15, 0.2) is 36.5 Å². The van der Waals surface area contributed by atoms with Gasteiger partial charge >= 0.3 is 5.97 Å². The number of aliphatic hydroxyl groups excluding tert-OH is 2. The van der Waals surface area contributed by atoms with E-state index in [1.807, 2.05) is 6.08 Å². The van der Waals surface area contributed by atoms with Crippen LogP contribution in [0.25, 0.3) is 0 Å². The lowest BCUT2D eigenvalue weighted by molar-refractivity contribution is -0.143. The molecular weight excluding hydrogens is 719 g/mol. The van der Waals surface area contributed by atoms with Crippen molar-refractivity contribution >= 4 is 11.9 Å². The number of aliphatic hydroxyl groups is 2. The van der Waals surface area contributed by atoms with Gasteiger partial charge in [0.25, 0.3) is 0 Å². The molecule has 0 spiro atoms. The smallest absolute Gasteiger partial charge is 0.305 e. The predicted molar refractivity (Wildman–Crippen MR) is 250 cm³/mol. The molecule has 2 unspecified atom stereocenters. The molecule has 0 aliphatic carbocycles. The molecule has 0 rings (SSSR count). The van der Waals surface area contributed by atoms with E-state index in [9.17, 15) is 19.8 Å². The van der Waals surface area contributed by atoms with E-state index in [0.717, 1.165) is 51.4 Å². The average Bonchev–Trinajstić information content (AvgIpc) is 3.22. The van der Waals surface area contributed by atoms with Crippen LogP contribution in [0.4, 0.5) is 0 Å². The second-order valence-electron chi connectivity index (χ2n) is 17.1. The van der Waals surface area contributed by atoms with Crippen molar-refractivity contribution < 1.29 is 24.5 Å². The van der Waals surface area contributed by atoms with Gasteiger partial charge < -0.3 is 20.3 Å². The molecule has 0 aromatic heterocycles. The summed E-state index contributed by atoms with van der Waals surface area (Å²) in [6, 6.07) is -0.632. The fraction of sp³-hybridized carbons (Fsp3) is 0.846. The summed E-state index contributed by atoms with van der Waals surface area (Å²) in [4.78, 5) is 24.3. The zero-order valence-electron chi connectivity index (χ0n) is 38.5. The molecule has 0 bridgehead atoms. The molecule has 0 aliphatic rings. The fourth-order valence-corrected chi connectivity index (χ4v) is 7.44. The molecule has 0 fully saturated rings. The topological polar surface area (TPSA) is 95.9 Å². The molecule has 2 atom stereocenters. The van der Waals surface area contributed by atoms with Crippen LogP contribution in [-0.4, -0.2) is 47.4 Å². The largest absolute Gasteiger partial charge is 0.466 e. The van der Waals surface area contributed by atoms with Gasteiger partial charge in [-0.05, 0) is 83.5 Å². The summed E-state index contributed by atoms with van der Waals surface area (Å²) >= 11 is 0. The Morgan fingerprint density at radius 1 is 0.466 bits per heavy atom. The highest BCUT2D eigenvalue weighted by molar-refractivity contribution is 5.76. The zero-order valence-corrected chi connectivity index (χ0v) is 38.5. The normalized spacial score (nSPS) is 13.0. The van der Waals surface area contributed by atoms with Crippen LogP contribution in [0.1, 0.15) is 258 Å². The Morgan fingerprint density at radius 3 is 1.26 bits per heavy atom. The summed E-state index contributed by atoms with van der Waals surface area (Å²) < 4.78 is 5.45. The molecule has 0 saturated carbocycles. The van der Waals surface area contributed by atoms with Gasteiger partial charge in [0.05, 0.1) is 25.4 Å². The van der Waals surface area contributed by atoms with E-state index in [1.54, 1.807) is 6.08 Å². The first-order valence-electron chi connectivity index (χ1n) is 25.3. The molecule has 0 aromatic carbocycles. The highest BCUT2D eigenvalue weighted by Gasteiger charge is 2.18. The van der Waals surface area contributed by atoms with Gasteiger partial charge in [-0.3, -0.25) is 9.59 Å². The average molecular weight is 816 g/mol. The van der Waals surface area contributed by atoms with Gasteiger partial charge in [-0.25, -0.2) is 0 Å². The number of hydrogen-bond acceptors (Lipinski definition) is 5. The van der Waals surface area contributed by atoms with Gasteiger partial charge in [-0.15, -0.1) is 0 Å². The van der Waals surface area contributed by atoms with Gasteiger partial charge in [0.2, 0.25) is 5.91 Å². The highest BCUT2D eigenvalue weighted by atomic mass is 16.5. The highest BCUT2D eigenvalue weighted by Crippen LogP contribution is 2.14. The Morgan fingerprint density at radius 2 is 0.810 bits per heavy atom. The van der Waals surface area contributed by atoms with Crippen LogP contribution in [0.2, 0.25) is 0 Å². The molecule has 58 heavy (non-hydrogen) atoms. The molecule has 340 valence electrons. The van der Waals surface area contributed by atoms with Crippen molar-refractivity contribution in [2.75, 3.05) is 13.2 Å². The molecule has 6 nitrogen and oxygen atoms in total. The first-order chi connectivity index (χ1) is 28.5. The summed E-state index contributed by atoms with van der Waals surface area (Å²) in [5.41, 5.74) is 0. The number of hydrogen-bond donors (Lipinski definition) is 3. The predicted octanol–water partition coefficient (Wildman–Crippen LogP) is 14.9. The maximum Gasteiger partial charge on any atom is 0.305 e. The first kappa shape index (κ1) is 56.1. The van der Waals surface area contributed by atoms with Crippen LogP contribution in [0.3, 0.4) is 0 Å². The van der Waals surface area contributed by atoms with E-state index in [1.165, 1.54) is 180 Å². The molecule has 0 aromatic rings. The minimum Gasteiger partial charge on any atom is -0.466 e. The summed E-state index contributed by atoms with van der Waals surface area (Å²) in [7, 11) is 0. The lowest BCUT2D eigenvalue weighted by atomic mass is 10.1. The van der Waals surface area contributed by atoms with Gasteiger partial charge in [-0.2, -0.15) is 0 Å². The standard InChI is InChI=1S/C52H97NO5/c1-3-5-7-9-11-13-14-26-30-34-38-42-46-52(57)58-47-43-39-35-31-27-24-22-20-18-16-15-17-19-21-23-25-29-33-37-41-45-51(56)53-49(48-54)50(55)44-40-36-32-28-12-10-8-6-4-2/h11,13,15,17,40,44,49-50,54-55H,3-10,12,14,16,18-39,41-43,45-48H2,1-2H3,(H,53,56)/b13-11-,17-15-,44-40+. The molecule has 0 heterocycles. The van der Waals surface area contributed by atoms with Crippen LogP contribution in [-0.2, 0) is 14.3 Å². The molecule has 1 amide bonds. The lowest BCUT2D eigenvalue weighted by Gasteiger charge is -2.20. The molecule has 6 heteroatoms.